The maximum absolute atomic E-state index is 12.8. The number of carbonyl (C=O) groups excluding carboxylic acids is 1. The van der Waals surface area contributed by atoms with Gasteiger partial charge in [0.1, 0.15) is 32.4 Å². The number of benzene rings is 2. The number of fused-ring (bicyclic) bond motifs is 4. The van der Waals surface area contributed by atoms with Crippen LogP contribution in [0.4, 0.5) is 0 Å². The van der Waals surface area contributed by atoms with Crippen molar-refractivity contribution in [3.8, 4) is 5.75 Å². The predicted octanol–water partition coefficient (Wildman–Crippen LogP) is 4.72. The number of nitrogens with one attached hydrogen (secondary N) is 1. The highest BCUT2D eigenvalue weighted by atomic mass is 32.1. The van der Waals surface area contributed by atoms with E-state index < -0.39 is 5.97 Å². The number of thiophene rings is 1. The van der Waals surface area contributed by atoms with Gasteiger partial charge in [-0.15, -0.1) is 11.3 Å². The molecule has 6 nitrogen and oxygen atoms in total. The first kappa shape index (κ1) is 16.7. The fourth-order valence-electron chi connectivity index (χ4n) is 3.37. The second-order valence-corrected chi connectivity index (χ2v) is 7.53. The fraction of sp³-hybridized carbons (Fsp3) is 0.0952. The smallest absolute Gasteiger partial charge is 0.354 e. The lowest BCUT2D eigenvalue weighted by Crippen LogP contribution is -2.10. The monoisotopic (exact) mass is 390 g/mol. The Bertz CT molecular complexity index is 1460. The van der Waals surface area contributed by atoms with Crippen LogP contribution in [0.1, 0.15) is 21.1 Å². The zero-order valence-corrected chi connectivity index (χ0v) is 15.8. The lowest BCUT2D eigenvalue weighted by molar-refractivity contribution is 0.0739. The maximum atomic E-state index is 12.8. The minimum atomic E-state index is -0.510. The van der Waals surface area contributed by atoms with Crippen LogP contribution in [0.5, 0.6) is 5.75 Å². The number of carbonyl (C=O) groups is 1. The molecule has 5 rings (SSSR count). The quantitative estimate of drug-likeness (QED) is 0.348. The Morgan fingerprint density at radius 2 is 1.89 bits per heavy atom. The summed E-state index contributed by atoms with van der Waals surface area (Å²) in [7, 11) is 0. The molecule has 28 heavy (non-hydrogen) atoms. The maximum Gasteiger partial charge on any atom is 0.354 e. The van der Waals surface area contributed by atoms with Crippen LogP contribution in [-0.4, -0.2) is 15.9 Å². The van der Waals surface area contributed by atoms with Gasteiger partial charge in [-0.1, -0.05) is 18.2 Å². The second-order valence-electron chi connectivity index (χ2n) is 6.53. The molecular weight excluding hydrogens is 376 g/mol. The molecule has 0 spiro atoms. The third-order valence-corrected chi connectivity index (χ3v) is 5.83. The van der Waals surface area contributed by atoms with Gasteiger partial charge in [0.2, 0.25) is 0 Å². The third kappa shape index (κ3) is 2.51. The van der Waals surface area contributed by atoms with Gasteiger partial charge >= 0.3 is 5.97 Å². The van der Waals surface area contributed by atoms with Gasteiger partial charge in [0.25, 0.3) is 5.56 Å². The van der Waals surface area contributed by atoms with Crippen LogP contribution in [0.15, 0.2) is 51.7 Å². The number of ether oxygens (including phenoxy) is 1. The highest BCUT2D eigenvalue weighted by Crippen LogP contribution is 2.32. The molecule has 138 valence electrons. The van der Waals surface area contributed by atoms with Gasteiger partial charge in [-0.25, -0.2) is 9.78 Å². The Hall–Kier alpha value is -3.45. The number of aryl methyl sites for hydroxylation is 2. The van der Waals surface area contributed by atoms with Crippen LogP contribution in [0.3, 0.4) is 0 Å². The van der Waals surface area contributed by atoms with Gasteiger partial charge in [-0.3, -0.25) is 4.79 Å². The molecule has 0 aliphatic carbocycles. The standard InChI is InChI=1S/C21H14N2O4S/c1-10-17-19(24)22-11(2)23-20(17)28-18(10)21(25)26-12-7-8-16-14(9-12)13-5-3-4-6-15(13)27-16/h3-9H,1-2H3,(H,22,23,24). The first-order valence-electron chi connectivity index (χ1n) is 8.65. The zero-order chi connectivity index (χ0) is 19.4. The van der Waals surface area contributed by atoms with Crippen molar-refractivity contribution < 1.29 is 13.9 Å². The van der Waals surface area contributed by atoms with Crippen LogP contribution >= 0.6 is 11.3 Å². The summed E-state index contributed by atoms with van der Waals surface area (Å²) < 4.78 is 11.4. The van der Waals surface area contributed by atoms with Crippen molar-refractivity contribution in [3.05, 3.63) is 69.1 Å². The third-order valence-electron chi connectivity index (χ3n) is 4.66. The van der Waals surface area contributed by atoms with Crippen molar-refractivity contribution in [1.29, 1.82) is 0 Å². The van der Waals surface area contributed by atoms with Crippen molar-refractivity contribution in [2.45, 2.75) is 13.8 Å². The van der Waals surface area contributed by atoms with Crippen molar-refractivity contribution in [2.24, 2.45) is 0 Å². The van der Waals surface area contributed by atoms with Crippen molar-refractivity contribution in [1.82, 2.24) is 9.97 Å². The van der Waals surface area contributed by atoms with Crippen LogP contribution in [0.2, 0.25) is 0 Å². The van der Waals surface area contributed by atoms with Gasteiger partial charge in [-0.2, -0.15) is 0 Å². The molecule has 1 N–H and O–H groups in total. The molecule has 0 fully saturated rings. The first-order valence-corrected chi connectivity index (χ1v) is 9.46. The van der Waals surface area contributed by atoms with E-state index in [1.165, 1.54) is 0 Å². The van der Waals surface area contributed by atoms with Crippen LogP contribution in [0.25, 0.3) is 32.2 Å². The van der Waals surface area contributed by atoms with Crippen LogP contribution in [0, 0.1) is 13.8 Å². The van der Waals surface area contributed by atoms with Gasteiger partial charge < -0.3 is 14.1 Å². The largest absolute Gasteiger partial charge is 0.456 e. The Morgan fingerprint density at radius 1 is 1.11 bits per heavy atom. The van der Waals surface area contributed by atoms with E-state index in [0.29, 0.717) is 32.2 Å². The molecule has 2 aromatic carbocycles. The van der Waals surface area contributed by atoms with Crippen molar-refractivity contribution in [3.63, 3.8) is 0 Å². The average Bonchev–Trinajstić information content (AvgIpc) is 3.19. The van der Waals surface area contributed by atoms with E-state index >= 15 is 0 Å². The molecule has 5 aromatic rings. The number of para-hydroxylation sites is 1. The Kier molecular flexibility index (Phi) is 3.60. The highest BCUT2D eigenvalue weighted by molar-refractivity contribution is 7.20. The van der Waals surface area contributed by atoms with E-state index in [0.717, 1.165) is 33.3 Å². The van der Waals surface area contributed by atoms with Gasteiger partial charge in [0.15, 0.2) is 0 Å². The van der Waals surface area contributed by atoms with E-state index in [4.69, 9.17) is 9.15 Å². The van der Waals surface area contributed by atoms with E-state index in [-0.39, 0.29) is 5.56 Å². The Labute approximate surface area is 162 Å². The summed E-state index contributed by atoms with van der Waals surface area (Å²) in [5, 5.41) is 2.26. The van der Waals surface area contributed by atoms with Gasteiger partial charge in [0.05, 0.1) is 5.39 Å². The molecule has 0 aliphatic rings. The number of nitrogens with zero attached hydrogens (tertiary/aromatic N) is 1. The number of aromatic amines is 1. The fourth-order valence-corrected chi connectivity index (χ4v) is 4.47. The summed E-state index contributed by atoms with van der Waals surface area (Å²) >= 11 is 1.16. The summed E-state index contributed by atoms with van der Waals surface area (Å²) in [4.78, 5) is 32.9. The normalized spacial score (nSPS) is 11.5. The summed E-state index contributed by atoms with van der Waals surface area (Å²) in [5.74, 6) is 0.416. The van der Waals surface area contributed by atoms with Crippen LogP contribution < -0.4 is 10.3 Å². The molecule has 0 amide bonds. The summed E-state index contributed by atoms with van der Waals surface area (Å²) in [6, 6.07) is 13.0. The molecule has 0 saturated carbocycles. The van der Waals surface area contributed by atoms with Gasteiger partial charge in [-0.05, 0) is 43.7 Å². The van der Waals surface area contributed by atoms with E-state index in [1.807, 2.05) is 24.3 Å². The number of rotatable bonds is 2. The average molecular weight is 390 g/mol. The van der Waals surface area contributed by atoms with E-state index in [1.54, 1.807) is 32.0 Å². The summed E-state index contributed by atoms with van der Waals surface area (Å²) in [5.41, 5.74) is 1.84. The summed E-state index contributed by atoms with van der Waals surface area (Å²) in [6.45, 7) is 3.44. The number of hydrogen-bond donors (Lipinski definition) is 1. The molecule has 0 atom stereocenters. The molecule has 0 saturated heterocycles. The molecule has 0 radical (unpaired) electrons. The lowest BCUT2D eigenvalue weighted by atomic mass is 10.1. The zero-order valence-electron chi connectivity index (χ0n) is 15.0. The van der Waals surface area contributed by atoms with Crippen molar-refractivity contribution >= 4 is 49.5 Å². The number of H-pyrrole nitrogens is 1. The molecule has 0 aliphatic heterocycles. The highest BCUT2D eigenvalue weighted by Gasteiger charge is 2.21. The SMILES string of the molecule is Cc1nc2sc(C(=O)Oc3ccc4oc5ccccc5c4c3)c(C)c2c(=O)[nH]1. The predicted molar refractivity (Wildman–Crippen MR) is 108 cm³/mol. The van der Waals surface area contributed by atoms with Gasteiger partial charge in [0, 0.05) is 10.8 Å². The molecule has 7 heteroatoms. The molecule has 0 unspecified atom stereocenters. The Balaban J connectivity index is 1.56. The number of esters is 1. The first-order chi connectivity index (χ1) is 13.5. The van der Waals surface area contributed by atoms with Crippen molar-refractivity contribution in [2.75, 3.05) is 0 Å². The summed E-state index contributed by atoms with van der Waals surface area (Å²) in [6.07, 6.45) is 0. The van der Waals surface area contributed by atoms with Crippen LogP contribution in [-0.2, 0) is 0 Å². The molecular formula is C21H14N2O4S. The number of hydrogen-bond acceptors (Lipinski definition) is 6. The number of furan rings is 1. The molecule has 0 bridgehead atoms. The minimum absolute atomic E-state index is 0.249. The van der Waals surface area contributed by atoms with E-state index in [2.05, 4.69) is 9.97 Å². The number of aromatic nitrogens is 2. The van der Waals surface area contributed by atoms with E-state index in [9.17, 15) is 9.59 Å². The Morgan fingerprint density at radius 3 is 2.75 bits per heavy atom. The lowest BCUT2D eigenvalue weighted by Gasteiger charge is -2.03. The topological polar surface area (TPSA) is 85.2 Å². The minimum Gasteiger partial charge on any atom is -0.456 e. The molecule has 3 heterocycles. The second kappa shape index (κ2) is 6.03. The molecule has 3 aromatic heterocycles.